The molecule has 3 heterocycles. The number of aryl methyl sites for hydroxylation is 1. The molecule has 0 radical (unpaired) electrons. The molecule has 0 spiro atoms. The minimum Gasteiger partial charge on any atom is -0.366 e. The first-order chi connectivity index (χ1) is 11.6. The van der Waals surface area contributed by atoms with Crippen molar-refractivity contribution in [2.24, 2.45) is 12.8 Å². The number of amides is 1. The van der Waals surface area contributed by atoms with Crippen LogP contribution >= 0.6 is 0 Å². The van der Waals surface area contributed by atoms with Crippen LogP contribution in [0.25, 0.3) is 27.9 Å². The Morgan fingerprint density at radius 3 is 2.38 bits per heavy atom. The number of primary amides is 1. The normalized spacial score (nSPS) is 11.0. The molecule has 0 aliphatic heterocycles. The summed E-state index contributed by atoms with van der Waals surface area (Å²) in [5, 5.41) is 8.55. The van der Waals surface area contributed by atoms with Crippen LogP contribution in [0, 0.1) is 0 Å². The number of carbonyl (C=O) groups is 1. The number of rotatable bonds is 3. The van der Waals surface area contributed by atoms with Crippen LogP contribution < -0.4 is 5.73 Å². The van der Waals surface area contributed by atoms with Gasteiger partial charge < -0.3 is 5.73 Å². The van der Waals surface area contributed by atoms with E-state index in [0.717, 1.165) is 27.9 Å². The molecule has 0 atom stereocenters. The molecule has 4 rings (SSSR count). The molecule has 1 amide bonds. The van der Waals surface area contributed by atoms with Crippen LogP contribution in [0.2, 0.25) is 0 Å². The average molecular weight is 318 g/mol. The van der Waals surface area contributed by atoms with Gasteiger partial charge in [0, 0.05) is 47.9 Å². The standard InChI is InChI=1S/C17H14N6O/c1-22-9-14(7-20-22)13-6-19-17-15(8-21-23(17)10-13)11-2-4-12(5-3-11)16(18)24/h2-10H,1H3,(H2,18,24). The third-order valence-electron chi connectivity index (χ3n) is 3.88. The number of nitrogens with two attached hydrogens (primary N) is 1. The molecule has 0 fully saturated rings. The van der Waals surface area contributed by atoms with Crippen LogP contribution in [0.3, 0.4) is 0 Å². The molecule has 24 heavy (non-hydrogen) atoms. The van der Waals surface area contributed by atoms with Gasteiger partial charge in [-0.3, -0.25) is 9.48 Å². The smallest absolute Gasteiger partial charge is 0.248 e. The summed E-state index contributed by atoms with van der Waals surface area (Å²) in [6.07, 6.45) is 9.19. The first-order valence-corrected chi connectivity index (χ1v) is 7.34. The van der Waals surface area contributed by atoms with Gasteiger partial charge in [0.2, 0.25) is 5.91 Å². The summed E-state index contributed by atoms with van der Waals surface area (Å²) in [5.74, 6) is -0.444. The lowest BCUT2D eigenvalue weighted by molar-refractivity contribution is 0.100. The van der Waals surface area contributed by atoms with Crippen LogP contribution in [-0.4, -0.2) is 30.3 Å². The Balaban J connectivity index is 1.76. The van der Waals surface area contributed by atoms with Crippen molar-refractivity contribution in [2.75, 3.05) is 0 Å². The predicted molar refractivity (Wildman–Crippen MR) is 89.1 cm³/mol. The van der Waals surface area contributed by atoms with Crippen molar-refractivity contribution in [3.63, 3.8) is 0 Å². The van der Waals surface area contributed by atoms with Gasteiger partial charge in [0.1, 0.15) is 0 Å². The van der Waals surface area contributed by atoms with Gasteiger partial charge in [-0.25, -0.2) is 9.50 Å². The Morgan fingerprint density at radius 2 is 1.71 bits per heavy atom. The van der Waals surface area contributed by atoms with Crippen LogP contribution in [-0.2, 0) is 7.05 Å². The Hall–Kier alpha value is -3.48. The van der Waals surface area contributed by atoms with E-state index in [2.05, 4.69) is 15.2 Å². The van der Waals surface area contributed by atoms with E-state index in [4.69, 9.17) is 5.73 Å². The maximum Gasteiger partial charge on any atom is 0.248 e. The van der Waals surface area contributed by atoms with Crippen molar-refractivity contribution in [1.29, 1.82) is 0 Å². The number of hydrogen-bond donors (Lipinski definition) is 1. The van der Waals surface area contributed by atoms with Crippen LogP contribution in [0.1, 0.15) is 10.4 Å². The summed E-state index contributed by atoms with van der Waals surface area (Å²) < 4.78 is 3.48. The van der Waals surface area contributed by atoms with Gasteiger partial charge in [-0.2, -0.15) is 10.2 Å². The highest BCUT2D eigenvalue weighted by Gasteiger charge is 2.10. The van der Waals surface area contributed by atoms with E-state index in [-0.39, 0.29) is 0 Å². The van der Waals surface area contributed by atoms with E-state index >= 15 is 0 Å². The number of carbonyl (C=O) groups excluding carboxylic acids is 1. The average Bonchev–Trinajstić information content (AvgIpc) is 3.20. The van der Waals surface area contributed by atoms with E-state index in [1.165, 1.54) is 0 Å². The quantitative estimate of drug-likeness (QED) is 0.624. The highest BCUT2D eigenvalue weighted by atomic mass is 16.1. The minimum absolute atomic E-state index is 0.444. The largest absolute Gasteiger partial charge is 0.366 e. The molecule has 118 valence electrons. The topological polar surface area (TPSA) is 91.1 Å². The first-order valence-electron chi connectivity index (χ1n) is 7.34. The monoisotopic (exact) mass is 318 g/mol. The molecule has 2 N–H and O–H groups in total. The second-order valence-electron chi connectivity index (χ2n) is 5.51. The summed E-state index contributed by atoms with van der Waals surface area (Å²) in [6, 6.07) is 7.08. The van der Waals surface area contributed by atoms with Gasteiger partial charge in [0.15, 0.2) is 5.65 Å². The maximum absolute atomic E-state index is 11.2. The molecule has 0 aliphatic rings. The third kappa shape index (κ3) is 2.32. The number of nitrogens with zero attached hydrogens (tertiary/aromatic N) is 5. The summed E-state index contributed by atoms with van der Waals surface area (Å²) in [7, 11) is 1.87. The first kappa shape index (κ1) is 14.1. The predicted octanol–water partition coefficient (Wildman–Crippen LogP) is 1.90. The molecule has 7 nitrogen and oxygen atoms in total. The van der Waals surface area contributed by atoms with Gasteiger partial charge >= 0.3 is 0 Å². The van der Waals surface area contributed by atoms with Crippen LogP contribution in [0.15, 0.2) is 55.2 Å². The number of hydrogen-bond acceptors (Lipinski definition) is 4. The molecule has 0 saturated heterocycles. The summed E-state index contributed by atoms with van der Waals surface area (Å²) in [6.45, 7) is 0. The number of fused-ring (bicyclic) bond motifs is 1. The van der Waals surface area contributed by atoms with Gasteiger partial charge in [0.25, 0.3) is 0 Å². The van der Waals surface area contributed by atoms with Crippen molar-refractivity contribution in [2.45, 2.75) is 0 Å². The minimum atomic E-state index is -0.444. The van der Waals surface area contributed by atoms with E-state index in [0.29, 0.717) is 5.56 Å². The molecule has 3 aromatic heterocycles. The van der Waals surface area contributed by atoms with Crippen molar-refractivity contribution >= 4 is 11.6 Å². The van der Waals surface area contributed by atoms with E-state index in [1.807, 2.05) is 31.6 Å². The van der Waals surface area contributed by atoms with Gasteiger partial charge in [-0.15, -0.1) is 0 Å². The fourth-order valence-electron chi connectivity index (χ4n) is 2.61. The van der Waals surface area contributed by atoms with Crippen molar-refractivity contribution < 1.29 is 4.79 Å². The molecule has 0 saturated carbocycles. The van der Waals surface area contributed by atoms with Crippen LogP contribution in [0.5, 0.6) is 0 Å². The van der Waals surface area contributed by atoms with Crippen molar-refractivity contribution in [3.8, 4) is 22.3 Å². The highest BCUT2D eigenvalue weighted by molar-refractivity contribution is 5.93. The molecule has 4 aromatic rings. The van der Waals surface area contributed by atoms with Crippen LogP contribution in [0.4, 0.5) is 0 Å². The molecule has 1 aromatic carbocycles. The second kappa shape index (κ2) is 5.31. The van der Waals surface area contributed by atoms with Gasteiger partial charge in [-0.05, 0) is 17.7 Å². The summed E-state index contributed by atoms with van der Waals surface area (Å²) >= 11 is 0. The number of benzene rings is 1. The van der Waals surface area contributed by atoms with Gasteiger partial charge in [0.05, 0.1) is 12.4 Å². The Bertz CT molecular complexity index is 1040. The Labute approximate surface area is 137 Å². The van der Waals surface area contributed by atoms with E-state index in [1.54, 1.807) is 39.9 Å². The second-order valence-corrected chi connectivity index (χ2v) is 5.51. The SMILES string of the molecule is Cn1cc(-c2cnc3c(-c4ccc(C(N)=O)cc4)cnn3c2)cn1. The third-order valence-corrected chi connectivity index (χ3v) is 3.88. The molecule has 0 unspecified atom stereocenters. The molecule has 0 bridgehead atoms. The zero-order valence-corrected chi connectivity index (χ0v) is 12.9. The van der Waals surface area contributed by atoms with Gasteiger partial charge in [-0.1, -0.05) is 12.1 Å². The van der Waals surface area contributed by atoms with Crippen molar-refractivity contribution in [3.05, 3.63) is 60.8 Å². The zero-order valence-electron chi connectivity index (χ0n) is 12.9. The van der Waals surface area contributed by atoms with E-state index in [9.17, 15) is 4.79 Å². The van der Waals surface area contributed by atoms with E-state index < -0.39 is 5.91 Å². The molecule has 0 aliphatic carbocycles. The fraction of sp³-hybridized carbons (Fsp3) is 0.0588. The molecular weight excluding hydrogens is 304 g/mol. The molecule has 7 heteroatoms. The summed E-state index contributed by atoms with van der Waals surface area (Å²) in [5.41, 5.74) is 10.2. The fourth-order valence-corrected chi connectivity index (χ4v) is 2.61. The summed E-state index contributed by atoms with van der Waals surface area (Å²) in [4.78, 5) is 15.7. The lowest BCUT2D eigenvalue weighted by Crippen LogP contribution is -2.10. The molecular formula is C17H14N6O. The number of aromatic nitrogens is 5. The Morgan fingerprint density at radius 1 is 0.958 bits per heavy atom. The lowest BCUT2D eigenvalue weighted by Gasteiger charge is -2.02. The maximum atomic E-state index is 11.2. The lowest BCUT2D eigenvalue weighted by atomic mass is 10.1. The Kier molecular flexibility index (Phi) is 3.13. The zero-order chi connectivity index (χ0) is 16.7. The van der Waals surface area contributed by atoms with Crippen molar-refractivity contribution in [1.82, 2.24) is 24.4 Å². The highest BCUT2D eigenvalue weighted by Crippen LogP contribution is 2.25.